The van der Waals surface area contributed by atoms with Crippen LogP contribution in [0.25, 0.3) is 10.9 Å². The molecule has 94 valence electrons. The molecule has 3 nitrogen and oxygen atoms in total. The summed E-state index contributed by atoms with van der Waals surface area (Å²) < 4.78 is 13.9. The molecular formula is C14H15FN2O. The van der Waals surface area contributed by atoms with E-state index in [2.05, 4.69) is 17.2 Å². The van der Waals surface area contributed by atoms with Gasteiger partial charge in [-0.05, 0) is 24.1 Å². The minimum absolute atomic E-state index is 0.296. The van der Waals surface area contributed by atoms with E-state index in [0.29, 0.717) is 16.5 Å². The van der Waals surface area contributed by atoms with Gasteiger partial charge in [0.15, 0.2) is 0 Å². The zero-order valence-corrected chi connectivity index (χ0v) is 10.5. The van der Waals surface area contributed by atoms with Gasteiger partial charge in [0.05, 0.1) is 11.1 Å². The summed E-state index contributed by atoms with van der Waals surface area (Å²) >= 11 is 0. The Morgan fingerprint density at radius 2 is 2.17 bits per heavy atom. The monoisotopic (exact) mass is 246 g/mol. The number of nitrogens with zero attached hydrogens (tertiary/aromatic N) is 1. The van der Waals surface area contributed by atoms with Gasteiger partial charge in [0.25, 0.3) is 5.91 Å². The normalized spacial score (nSPS) is 10.6. The van der Waals surface area contributed by atoms with Gasteiger partial charge in [-0.2, -0.15) is 0 Å². The molecule has 1 N–H and O–H groups in total. The van der Waals surface area contributed by atoms with Crippen LogP contribution in [0.2, 0.25) is 0 Å². The summed E-state index contributed by atoms with van der Waals surface area (Å²) in [5, 5.41) is 2.83. The Morgan fingerprint density at radius 3 is 2.83 bits per heavy atom. The van der Waals surface area contributed by atoms with Gasteiger partial charge in [0.2, 0.25) is 0 Å². The number of benzene rings is 1. The first kappa shape index (κ1) is 12.5. The molecule has 0 atom stereocenters. The Hall–Kier alpha value is -1.97. The number of halogens is 1. The molecule has 0 saturated carbocycles. The van der Waals surface area contributed by atoms with E-state index in [4.69, 9.17) is 0 Å². The molecule has 0 saturated heterocycles. The zero-order chi connectivity index (χ0) is 13.1. The highest BCUT2D eigenvalue weighted by atomic mass is 19.1. The zero-order valence-electron chi connectivity index (χ0n) is 10.5. The van der Waals surface area contributed by atoms with E-state index in [-0.39, 0.29) is 5.91 Å². The van der Waals surface area contributed by atoms with Gasteiger partial charge in [-0.25, -0.2) is 4.39 Å². The topological polar surface area (TPSA) is 42.0 Å². The molecule has 0 aliphatic rings. The minimum Gasteiger partial charge on any atom is -0.355 e. The van der Waals surface area contributed by atoms with Crippen molar-refractivity contribution in [2.75, 3.05) is 7.05 Å². The summed E-state index contributed by atoms with van der Waals surface area (Å²) in [5.74, 6) is -0.702. The van der Waals surface area contributed by atoms with Crippen LogP contribution >= 0.6 is 0 Å². The molecule has 4 heteroatoms. The lowest BCUT2D eigenvalue weighted by atomic mass is 10.0. The third-order valence-electron chi connectivity index (χ3n) is 2.92. The predicted octanol–water partition coefficient (Wildman–Crippen LogP) is 2.69. The maximum absolute atomic E-state index is 13.9. The second-order valence-electron chi connectivity index (χ2n) is 4.12. The van der Waals surface area contributed by atoms with Gasteiger partial charge in [-0.15, -0.1) is 0 Å². The molecule has 0 aliphatic heterocycles. The van der Waals surface area contributed by atoms with Crippen LogP contribution in [0.3, 0.4) is 0 Å². The molecule has 18 heavy (non-hydrogen) atoms. The number of carbonyl (C=O) groups is 1. The Balaban J connectivity index is 2.75. The molecule has 2 aromatic rings. The summed E-state index contributed by atoms with van der Waals surface area (Å²) in [6, 6.07) is 4.68. The van der Waals surface area contributed by atoms with Crippen molar-refractivity contribution >= 4 is 16.8 Å². The lowest BCUT2D eigenvalue weighted by molar-refractivity contribution is 0.0964. The van der Waals surface area contributed by atoms with Crippen LogP contribution in [0, 0.1) is 5.82 Å². The quantitative estimate of drug-likeness (QED) is 0.904. The molecule has 0 unspecified atom stereocenters. The molecule has 0 radical (unpaired) electrons. The SMILES string of the molecule is CCCc1ccc(F)c2c(C(=O)NC)ccnc12. The average molecular weight is 246 g/mol. The van der Waals surface area contributed by atoms with E-state index in [1.165, 1.54) is 13.1 Å². The number of amides is 1. The van der Waals surface area contributed by atoms with Crippen molar-refractivity contribution in [1.29, 1.82) is 0 Å². The third kappa shape index (κ3) is 2.06. The van der Waals surface area contributed by atoms with E-state index < -0.39 is 5.82 Å². The van der Waals surface area contributed by atoms with Crippen LogP contribution in [0.15, 0.2) is 24.4 Å². The van der Waals surface area contributed by atoms with Crippen LogP contribution in [0.1, 0.15) is 29.3 Å². The maximum Gasteiger partial charge on any atom is 0.251 e. The third-order valence-corrected chi connectivity index (χ3v) is 2.92. The van der Waals surface area contributed by atoms with Gasteiger partial charge in [-0.3, -0.25) is 9.78 Å². The minimum atomic E-state index is -0.406. The summed E-state index contributed by atoms with van der Waals surface area (Å²) in [6.45, 7) is 2.05. The van der Waals surface area contributed by atoms with Crippen molar-refractivity contribution < 1.29 is 9.18 Å². The van der Waals surface area contributed by atoms with Gasteiger partial charge in [-0.1, -0.05) is 19.4 Å². The molecule has 1 aromatic carbocycles. The fourth-order valence-electron chi connectivity index (χ4n) is 2.08. The first-order valence-electron chi connectivity index (χ1n) is 5.97. The number of hydrogen-bond acceptors (Lipinski definition) is 2. The highest BCUT2D eigenvalue weighted by Crippen LogP contribution is 2.24. The lowest BCUT2D eigenvalue weighted by Gasteiger charge is -2.09. The van der Waals surface area contributed by atoms with Crippen molar-refractivity contribution in [3.05, 3.63) is 41.3 Å². The predicted molar refractivity (Wildman–Crippen MR) is 69.1 cm³/mol. The van der Waals surface area contributed by atoms with Crippen molar-refractivity contribution in [1.82, 2.24) is 10.3 Å². The van der Waals surface area contributed by atoms with Gasteiger partial charge in [0, 0.05) is 18.6 Å². The fourth-order valence-corrected chi connectivity index (χ4v) is 2.08. The molecule has 1 aromatic heterocycles. The molecule has 1 amide bonds. The Labute approximate surface area is 105 Å². The first-order chi connectivity index (χ1) is 8.69. The molecule has 0 bridgehead atoms. The van der Waals surface area contributed by atoms with E-state index in [1.807, 2.05) is 0 Å². The van der Waals surface area contributed by atoms with E-state index >= 15 is 0 Å². The van der Waals surface area contributed by atoms with Crippen molar-refractivity contribution in [2.45, 2.75) is 19.8 Å². The number of aryl methyl sites for hydroxylation is 1. The average Bonchev–Trinajstić information content (AvgIpc) is 2.40. The van der Waals surface area contributed by atoms with Crippen molar-refractivity contribution in [3.8, 4) is 0 Å². The van der Waals surface area contributed by atoms with Crippen LogP contribution in [-0.4, -0.2) is 17.9 Å². The second-order valence-corrected chi connectivity index (χ2v) is 4.12. The molecule has 0 spiro atoms. The van der Waals surface area contributed by atoms with E-state index in [9.17, 15) is 9.18 Å². The summed E-state index contributed by atoms with van der Waals surface area (Å²) in [4.78, 5) is 16.0. The highest BCUT2D eigenvalue weighted by molar-refractivity contribution is 6.06. The molecule has 0 fully saturated rings. The fraction of sp³-hybridized carbons (Fsp3) is 0.286. The highest BCUT2D eigenvalue weighted by Gasteiger charge is 2.15. The lowest BCUT2D eigenvalue weighted by Crippen LogP contribution is -2.18. The van der Waals surface area contributed by atoms with Crippen LogP contribution < -0.4 is 5.32 Å². The maximum atomic E-state index is 13.9. The van der Waals surface area contributed by atoms with E-state index in [0.717, 1.165) is 18.4 Å². The molecule has 2 rings (SSSR count). The van der Waals surface area contributed by atoms with Crippen LogP contribution in [-0.2, 0) is 6.42 Å². The van der Waals surface area contributed by atoms with E-state index in [1.54, 1.807) is 18.3 Å². The number of rotatable bonds is 3. The smallest absolute Gasteiger partial charge is 0.251 e. The summed E-state index contributed by atoms with van der Waals surface area (Å²) in [5.41, 5.74) is 1.88. The number of carbonyl (C=O) groups excluding carboxylic acids is 1. The number of fused-ring (bicyclic) bond motifs is 1. The molecule has 1 heterocycles. The molecular weight excluding hydrogens is 231 g/mol. The number of hydrogen-bond donors (Lipinski definition) is 1. The molecule has 0 aliphatic carbocycles. The van der Waals surface area contributed by atoms with Gasteiger partial charge >= 0.3 is 0 Å². The van der Waals surface area contributed by atoms with Gasteiger partial charge in [0.1, 0.15) is 5.82 Å². The van der Waals surface area contributed by atoms with Crippen molar-refractivity contribution in [2.24, 2.45) is 0 Å². The van der Waals surface area contributed by atoms with Crippen LogP contribution in [0.4, 0.5) is 4.39 Å². The summed E-state index contributed by atoms with van der Waals surface area (Å²) in [7, 11) is 1.53. The van der Waals surface area contributed by atoms with Crippen molar-refractivity contribution in [3.63, 3.8) is 0 Å². The number of aromatic nitrogens is 1. The summed E-state index contributed by atoms with van der Waals surface area (Å²) in [6.07, 6.45) is 3.32. The number of nitrogens with one attached hydrogen (secondary N) is 1. The Bertz CT molecular complexity index is 596. The second kappa shape index (κ2) is 5.12. The van der Waals surface area contributed by atoms with Gasteiger partial charge < -0.3 is 5.32 Å². The van der Waals surface area contributed by atoms with Crippen LogP contribution in [0.5, 0.6) is 0 Å². The largest absolute Gasteiger partial charge is 0.355 e. The Morgan fingerprint density at radius 1 is 1.39 bits per heavy atom. The number of pyridine rings is 1. The standard InChI is InChI=1S/C14H15FN2O/c1-3-4-9-5-6-11(15)12-10(14(18)16-2)7-8-17-13(9)12/h5-8H,3-4H2,1-2H3,(H,16,18). The Kier molecular flexibility index (Phi) is 3.55. The first-order valence-corrected chi connectivity index (χ1v) is 5.97.